The first-order valence-corrected chi connectivity index (χ1v) is 3.62. The number of allylic oxidation sites excluding steroid dienone is 4. The van der Waals surface area contributed by atoms with Crippen molar-refractivity contribution < 1.29 is 0 Å². The van der Waals surface area contributed by atoms with Crippen LogP contribution in [0.15, 0.2) is 23.3 Å². The Balaban J connectivity index is 2.24. The van der Waals surface area contributed by atoms with E-state index >= 15 is 0 Å². The molecule has 0 heteroatoms. The minimum atomic E-state index is 1.27. The zero-order valence-corrected chi connectivity index (χ0v) is 5.48. The van der Waals surface area contributed by atoms with Crippen molar-refractivity contribution in [2.75, 3.05) is 0 Å². The van der Waals surface area contributed by atoms with Gasteiger partial charge in [-0.15, -0.1) is 0 Å². The van der Waals surface area contributed by atoms with Crippen molar-refractivity contribution in [3.8, 4) is 0 Å². The van der Waals surface area contributed by atoms with Crippen molar-refractivity contribution in [3.63, 3.8) is 0 Å². The molecule has 0 aromatic carbocycles. The molecule has 0 unspecified atom stereocenters. The first kappa shape index (κ1) is 5.28. The lowest BCUT2D eigenvalue weighted by atomic mass is 9.94. The van der Waals surface area contributed by atoms with Crippen LogP contribution in [0, 0.1) is 6.42 Å². The van der Waals surface area contributed by atoms with Crippen molar-refractivity contribution in [1.82, 2.24) is 0 Å². The average molecular weight is 118 g/mol. The summed E-state index contributed by atoms with van der Waals surface area (Å²) in [6, 6.07) is 0. The highest BCUT2D eigenvalue weighted by Crippen LogP contribution is 2.31. The Bertz CT molecular complexity index is 172. The van der Waals surface area contributed by atoms with E-state index < -0.39 is 0 Å². The molecule has 2 radical (unpaired) electrons. The fraction of sp³-hybridized carbons (Fsp3) is 0.444. The van der Waals surface area contributed by atoms with Gasteiger partial charge in [-0.05, 0) is 31.3 Å². The van der Waals surface area contributed by atoms with E-state index in [-0.39, 0.29) is 0 Å². The Hall–Kier alpha value is -0.520. The summed E-state index contributed by atoms with van der Waals surface area (Å²) in [6.07, 6.45) is 12.8. The fourth-order valence-electron chi connectivity index (χ4n) is 1.52. The largest absolute Gasteiger partial charge is 0.0715 e. The van der Waals surface area contributed by atoms with Gasteiger partial charge in [0.1, 0.15) is 0 Å². The van der Waals surface area contributed by atoms with Crippen LogP contribution in [0.2, 0.25) is 0 Å². The minimum Gasteiger partial charge on any atom is -0.0715 e. The zero-order chi connectivity index (χ0) is 6.10. The van der Waals surface area contributed by atoms with Gasteiger partial charge in [-0.1, -0.05) is 17.7 Å². The molecule has 0 aromatic heterocycles. The Kier molecular flexibility index (Phi) is 1.18. The van der Waals surface area contributed by atoms with E-state index in [0.717, 1.165) is 0 Å². The second kappa shape index (κ2) is 2.02. The Morgan fingerprint density at radius 3 is 3.00 bits per heavy atom. The normalized spacial score (nSPS) is 24.9. The summed E-state index contributed by atoms with van der Waals surface area (Å²) in [6.45, 7) is 0. The van der Waals surface area contributed by atoms with E-state index in [1.54, 1.807) is 5.57 Å². The molecule has 0 atom stereocenters. The maximum absolute atomic E-state index is 3.26. The standard InChI is InChI=1S/C9H10/c1-2-5-9-7-3-6-8(9)4-1/h3,6H,1-2,4-5H2. The molecule has 0 heterocycles. The Morgan fingerprint density at radius 2 is 2.11 bits per heavy atom. The quantitative estimate of drug-likeness (QED) is 0.458. The van der Waals surface area contributed by atoms with E-state index in [0.29, 0.717) is 0 Å². The summed E-state index contributed by atoms with van der Waals surface area (Å²) in [5.74, 6) is 0. The van der Waals surface area contributed by atoms with E-state index in [9.17, 15) is 0 Å². The van der Waals surface area contributed by atoms with E-state index in [1.165, 1.54) is 31.3 Å². The number of hydrogen-bond donors (Lipinski definition) is 0. The first-order valence-electron chi connectivity index (χ1n) is 3.62. The van der Waals surface area contributed by atoms with Gasteiger partial charge >= 0.3 is 0 Å². The molecule has 0 aliphatic heterocycles. The molecule has 2 aliphatic carbocycles. The highest BCUT2D eigenvalue weighted by Gasteiger charge is 2.12. The van der Waals surface area contributed by atoms with Crippen LogP contribution in [0.25, 0.3) is 0 Å². The van der Waals surface area contributed by atoms with Crippen LogP contribution in [-0.4, -0.2) is 0 Å². The summed E-state index contributed by atoms with van der Waals surface area (Å²) in [5, 5.41) is 0. The van der Waals surface area contributed by atoms with Crippen LogP contribution in [0.1, 0.15) is 25.7 Å². The molecule has 0 bridgehead atoms. The minimum absolute atomic E-state index is 1.27. The van der Waals surface area contributed by atoms with Gasteiger partial charge in [0.25, 0.3) is 0 Å². The first-order chi connectivity index (χ1) is 4.47. The lowest BCUT2D eigenvalue weighted by Crippen LogP contribution is -1.93. The van der Waals surface area contributed by atoms with Gasteiger partial charge in [-0.25, -0.2) is 0 Å². The molecule has 2 rings (SSSR count). The van der Waals surface area contributed by atoms with Gasteiger partial charge < -0.3 is 0 Å². The lowest BCUT2D eigenvalue weighted by molar-refractivity contribution is 0.694. The number of hydrogen-bond acceptors (Lipinski definition) is 0. The van der Waals surface area contributed by atoms with Gasteiger partial charge in [0, 0.05) is 6.42 Å². The van der Waals surface area contributed by atoms with Gasteiger partial charge in [0.15, 0.2) is 0 Å². The summed E-state index contributed by atoms with van der Waals surface area (Å²) in [4.78, 5) is 0. The molecule has 0 N–H and O–H groups in total. The molecule has 46 valence electrons. The summed E-state index contributed by atoms with van der Waals surface area (Å²) in [7, 11) is 0. The summed E-state index contributed by atoms with van der Waals surface area (Å²) in [5.41, 5.74) is 3.02. The monoisotopic (exact) mass is 118 g/mol. The smallest absolute Gasteiger partial charge is 0.0381 e. The second-order valence-corrected chi connectivity index (χ2v) is 2.69. The molecule has 0 fully saturated rings. The molecule has 0 saturated heterocycles. The molecule has 0 nitrogen and oxygen atoms in total. The lowest BCUT2D eigenvalue weighted by Gasteiger charge is -2.11. The highest BCUT2D eigenvalue weighted by atomic mass is 14.2. The predicted octanol–water partition coefficient (Wildman–Crippen LogP) is 2.51. The van der Waals surface area contributed by atoms with Crippen molar-refractivity contribution in [2.45, 2.75) is 25.7 Å². The average Bonchev–Trinajstić information content (AvgIpc) is 2.33. The maximum atomic E-state index is 3.26. The predicted molar refractivity (Wildman–Crippen MR) is 37.9 cm³/mol. The van der Waals surface area contributed by atoms with Gasteiger partial charge in [-0.2, -0.15) is 0 Å². The fourth-order valence-corrected chi connectivity index (χ4v) is 1.52. The molecule has 0 amide bonds. The molecular formula is C9H10. The van der Waals surface area contributed by atoms with Gasteiger partial charge in [0.05, 0.1) is 0 Å². The summed E-state index contributed by atoms with van der Waals surface area (Å²) >= 11 is 0. The van der Waals surface area contributed by atoms with Crippen molar-refractivity contribution >= 4 is 0 Å². The topological polar surface area (TPSA) is 0 Å². The van der Waals surface area contributed by atoms with Crippen LogP contribution >= 0.6 is 0 Å². The summed E-state index contributed by atoms with van der Waals surface area (Å²) < 4.78 is 0. The number of rotatable bonds is 0. The van der Waals surface area contributed by atoms with Gasteiger partial charge in [-0.3, -0.25) is 0 Å². The molecule has 2 aliphatic rings. The van der Waals surface area contributed by atoms with Crippen LogP contribution < -0.4 is 0 Å². The molecule has 0 spiro atoms. The van der Waals surface area contributed by atoms with E-state index in [2.05, 4.69) is 18.6 Å². The Morgan fingerprint density at radius 1 is 1.22 bits per heavy atom. The second-order valence-electron chi connectivity index (χ2n) is 2.69. The van der Waals surface area contributed by atoms with Crippen LogP contribution in [-0.2, 0) is 0 Å². The van der Waals surface area contributed by atoms with E-state index in [1.807, 2.05) is 0 Å². The van der Waals surface area contributed by atoms with Gasteiger partial charge in [0.2, 0.25) is 0 Å². The third-order valence-electron chi connectivity index (χ3n) is 2.05. The third-order valence-corrected chi connectivity index (χ3v) is 2.05. The highest BCUT2D eigenvalue weighted by molar-refractivity contribution is 5.42. The van der Waals surface area contributed by atoms with Crippen molar-refractivity contribution in [3.05, 3.63) is 29.7 Å². The third kappa shape index (κ3) is 0.827. The SMILES string of the molecule is [C]1C=CC2=C1CCCC2. The van der Waals surface area contributed by atoms with Crippen LogP contribution in [0.4, 0.5) is 0 Å². The Labute approximate surface area is 56.3 Å². The van der Waals surface area contributed by atoms with Crippen molar-refractivity contribution in [2.24, 2.45) is 0 Å². The van der Waals surface area contributed by atoms with E-state index in [4.69, 9.17) is 0 Å². The van der Waals surface area contributed by atoms with Crippen LogP contribution in [0.3, 0.4) is 0 Å². The maximum Gasteiger partial charge on any atom is 0.0381 e. The molecule has 0 saturated carbocycles. The zero-order valence-electron chi connectivity index (χ0n) is 5.48. The molecular weight excluding hydrogens is 108 g/mol. The molecule has 0 aromatic rings. The van der Waals surface area contributed by atoms with Crippen molar-refractivity contribution in [1.29, 1.82) is 0 Å². The molecule has 9 heavy (non-hydrogen) atoms. The van der Waals surface area contributed by atoms with Crippen LogP contribution in [0.5, 0.6) is 0 Å².